The summed E-state index contributed by atoms with van der Waals surface area (Å²) in [5, 5.41) is 9.20. The molecule has 2 rings (SSSR count). The molecule has 3 N–H and O–H groups in total. The van der Waals surface area contributed by atoms with Gasteiger partial charge in [-0.15, -0.1) is 0 Å². The van der Waals surface area contributed by atoms with Crippen LogP contribution in [0.2, 0.25) is 0 Å². The van der Waals surface area contributed by atoms with Crippen LogP contribution < -0.4 is 5.73 Å². The van der Waals surface area contributed by atoms with E-state index in [4.69, 9.17) is 5.73 Å². The highest BCUT2D eigenvalue weighted by Gasteiger charge is 2.43. The Labute approximate surface area is 104 Å². The molecule has 2 atom stereocenters. The van der Waals surface area contributed by atoms with Crippen molar-refractivity contribution in [3.05, 3.63) is 60.2 Å². The number of carboxylic acids is 1. The van der Waals surface area contributed by atoms with E-state index < -0.39 is 17.4 Å². The molecule has 0 bridgehead atoms. The van der Waals surface area contributed by atoms with Gasteiger partial charge < -0.3 is 10.8 Å². The normalized spacial score (nSPS) is 25.9. The molecule has 4 nitrogen and oxygen atoms in total. The molecule has 1 aliphatic rings. The van der Waals surface area contributed by atoms with Crippen LogP contribution in [0.5, 0.6) is 0 Å². The zero-order valence-corrected chi connectivity index (χ0v) is 9.61. The fraction of sp³-hybridized carbons (Fsp3) is 0.143. The van der Waals surface area contributed by atoms with Gasteiger partial charge in [0.25, 0.3) is 0 Å². The molecule has 2 unspecified atom stereocenters. The van der Waals surface area contributed by atoms with Crippen molar-refractivity contribution in [3.8, 4) is 0 Å². The zero-order valence-electron chi connectivity index (χ0n) is 9.61. The number of ketones is 1. The molecular weight excluding hydrogens is 230 g/mol. The third kappa shape index (κ3) is 1.98. The lowest BCUT2D eigenvalue weighted by Gasteiger charge is -2.29. The maximum Gasteiger partial charge on any atom is 0.328 e. The van der Waals surface area contributed by atoms with Crippen molar-refractivity contribution >= 4 is 11.8 Å². The molecule has 92 valence electrons. The monoisotopic (exact) mass is 243 g/mol. The number of nitrogens with two attached hydrogens (primary N) is 1. The molecule has 0 saturated carbocycles. The topological polar surface area (TPSA) is 80.4 Å². The SMILES string of the molecule is NC1(C(=O)O)C=CC=CC1C(=O)c1ccccc1. The Balaban J connectivity index is 2.38. The van der Waals surface area contributed by atoms with Gasteiger partial charge in [0.05, 0.1) is 5.92 Å². The molecule has 0 aromatic heterocycles. The minimum Gasteiger partial charge on any atom is -0.480 e. The lowest BCUT2D eigenvalue weighted by Crippen LogP contribution is -2.55. The van der Waals surface area contributed by atoms with E-state index in [2.05, 4.69) is 0 Å². The fourth-order valence-electron chi connectivity index (χ4n) is 1.94. The second kappa shape index (κ2) is 4.58. The molecule has 1 aliphatic carbocycles. The minimum atomic E-state index is -1.68. The highest BCUT2D eigenvalue weighted by Crippen LogP contribution is 2.26. The summed E-state index contributed by atoms with van der Waals surface area (Å²) in [6.07, 6.45) is 6.06. The first-order chi connectivity index (χ1) is 8.55. The van der Waals surface area contributed by atoms with Crippen molar-refractivity contribution in [1.82, 2.24) is 0 Å². The van der Waals surface area contributed by atoms with Gasteiger partial charge in [-0.05, 0) is 0 Å². The predicted molar refractivity (Wildman–Crippen MR) is 67.1 cm³/mol. The number of carbonyl (C=O) groups is 2. The number of rotatable bonds is 3. The van der Waals surface area contributed by atoms with Crippen LogP contribution in [-0.2, 0) is 4.79 Å². The summed E-state index contributed by atoms with van der Waals surface area (Å²) in [7, 11) is 0. The molecule has 1 aromatic rings. The van der Waals surface area contributed by atoms with E-state index in [-0.39, 0.29) is 5.78 Å². The fourth-order valence-corrected chi connectivity index (χ4v) is 1.94. The van der Waals surface area contributed by atoms with Crippen molar-refractivity contribution in [2.45, 2.75) is 5.54 Å². The number of benzene rings is 1. The third-order valence-corrected chi connectivity index (χ3v) is 3.01. The molecule has 0 heterocycles. The minimum absolute atomic E-state index is 0.291. The second-order valence-electron chi connectivity index (χ2n) is 4.19. The van der Waals surface area contributed by atoms with Crippen LogP contribution in [0.15, 0.2) is 54.6 Å². The lowest BCUT2D eigenvalue weighted by atomic mass is 9.77. The first-order valence-corrected chi connectivity index (χ1v) is 5.53. The second-order valence-corrected chi connectivity index (χ2v) is 4.19. The van der Waals surface area contributed by atoms with E-state index in [1.54, 1.807) is 42.5 Å². The summed E-state index contributed by atoms with van der Waals surface area (Å²) in [4.78, 5) is 23.6. The van der Waals surface area contributed by atoms with Crippen LogP contribution in [0.4, 0.5) is 0 Å². The highest BCUT2D eigenvalue weighted by atomic mass is 16.4. The molecule has 4 heteroatoms. The van der Waals surface area contributed by atoms with Gasteiger partial charge >= 0.3 is 5.97 Å². The Morgan fingerprint density at radius 3 is 2.44 bits per heavy atom. The van der Waals surface area contributed by atoms with Crippen LogP contribution in [0.25, 0.3) is 0 Å². The van der Waals surface area contributed by atoms with Crippen LogP contribution >= 0.6 is 0 Å². The van der Waals surface area contributed by atoms with Gasteiger partial charge in [-0.1, -0.05) is 54.6 Å². The summed E-state index contributed by atoms with van der Waals surface area (Å²) in [6, 6.07) is 8.55. The first-order valence-electron chi connectivity index (χ1n) is 5.53. The number of allylic oxidation sites excluding steroid dienone is 2. The number of Topliss-reactive ketones (excluding diaryl/α,β-unsaturated/α-hetero) is 1. The Hall–Kier alpha value is -2.20. The van der Waals surface area contributed by atoms with Crippen molar-refractivity contribution in [3.63, 3.8) is 0 Å². The van der Waals surface area contributed by atoms with E-state index in [9.17, 15) is 14.7 Å². The standard InChI is InChI=1S/C14H13NO3/c15-14(13(17)18)9-5-4-8-11(14)12(16)10-6-2-1-3-7-10/h1-9,11H,15H2,(H,17,18). The molecule has 0 radical (unpaired) electrons. The van der Waals surface area contributed by atoms with Crippen molar-refractivity contribution in [1.29, 1.82) is 0 Å². The Morgan fingerprint density at radius 1 is 1.17 bits per heavy atom. The number of carbonyl (C=O) groups excluding carboxylic acids is 1. The van der Waals surface area contributed by atoms with Crippen LogP contribution in [-0.4, -0.2) is 22.4 Å². The van der Waals surface area contributed by atoms with Crippen molar-refractivity contribution < 1.29 is 14.7 Å². The van der Waals surface area contributed by atoms with E-state index in [1.165, 1.54) is 12.2 Å². The quantitative estimate of drug-likeness (QED) is 0.786. The maximum absolute atomic E-state index is 12.3. The maximum atomic E-state index is 12.3. The smallest absolute Gasteiger partial charge is 0.328 e. The Kier molecular flexibility index (Phi) is 3.12. The van der Waals surface area contributed by atoms with Gasteiger partial charge in [-0.25, -0.2) is 4.79 Å². The van der Waals surface area contributed by atoms with E-state index in [0.29, 0.717) is 5.56 Å². The summed E-state index contributed by atoms with van der Waals surface area (Å²) in [5.74, 6) is -2.39. The summed E-state index contributed by atoms with van der Waals surface area (Å²) in [5.41, 5.74) is 4.60. The number of aliphatic carboxylic acids is 1. The number of carboxylic acid groups (broad SMARTS) is 1. The summed E-state index contributed by atoms with van der Waals surface area (Å²) in [6.45, 7) is 0. The van der Waals surface area contributed by atoms with E-state index in [0.717, 1.165) is 0 Å². The van der Waals surface area contributed by atoms with E-state index in [1.807, 2.05) is 0 Å². The van der Waals surface area contributed by atoms with E-state index >= 15 is 0 Å². The Morgan fingerprint density at radius 2 is 1.83 bits per heavy atom. The highest BCUT2D eigenvalue weighted by molar-refractivity contribution is 6.04. The average Bonchev–Trinajstić information content (AvgIpc) is 2.39. The van der Waals surface area contributed by atoms with Crippen molar-refractivity contribution in [2.75, 3.05) is 0 Å². The summed E-state index contributed by atoms with van der Waals surface area (Å²) >= 11 is 0. The predicted octanol–water partition coefficient (Wildman–Crippen LogP) is 1.39. The third-order valence-electron chi connectivity index (χ3n) is 3.01. The number of hydrogen-bond donors (Lipinski definition) is 2. The van der Waals surface area contributed by atoms with Gasteiger partial charge in [0, 0.05) is 5.56 Å². The zero-order chi connectivity index (χ0) is 13.2. The molecule has 0 amide bonds. The van der Waals surface area contributed by atoms with Crippen molar-refractivity contribution in [2.24, 2.45) is 11.7 Å². The average molecular weight is 243 g/mol. The van der Waals surface area contributed by atoms with Crippen LogP contribution in [0.1, 0.15) is 10.4 Å². The van der Waals surface area contributed by atoms with Gasteiger partial charge in [-0.3, -0.25) is 4.79 Å². The van der Waals surface area contributed by atoms with Gasteiger partial charge in [0.15, 0.2) is 5.78 Å². The number of hydrogen-bond acceptors (Lipinski definition) is 3. The Bertz CT molecular complexity index is 533. The largest absolute Gasteiger partial charge is 0.480 e. The molecule has 0 spiro atoms. The molecule has 0 fully saturated rings. The molecule has 0 saturated heterocycles. The molecule has 0 aliphatic heterocycles. The molecule has 1 aromatic carbocycles. The lowest BCUT2D eigenvalue weighted by molar-refractivity contribution is -0.142. The molecule has 18 heavy (non-hydrogen) atoms. The van der Waals surface area contributed by atoms with Crippen LogP contribution in [0, 0.1) is 5.92 Å². The van der Waals surface area contributed by atoms with Gasteiger partial charge in [0.2, 0.25) is 0 Å². The van der Waals surface area contributed by atoms with Gasteiger partial charge in [-0.2, -0.15) is 0 Å². The summed E-state index contributed by atoms with van der Waals surface area (Å²) < 4.78 is 0. The van der Waals surface area contributed by atoms with Crippen LogP contribution in [0.3, 0.4) is 0 Å². The first kappa shape index (κ1) is 12.3. The van der Waals surface area contributed by atoms with Gasteiger partial charge in [0.1, 0.15) is 5.54 Å². The molecular formula is C14H13NO3.